The molecule has 0 aliphatic rings. The van der Waals surface area contributed by atoms with Crippen molar-refractivity contribution in [1.82, 2.24) is 0 Å². The summed E-state index contributed by atoms with van der Waals surface area (Å²) in [6, 6.07) is 13.8. The number of carboxylic acid groups (broad SMARTS) is 1. The lowest BCUT2D eigenvalue weighted by Gasteiger charge is -1.98. The number of rotatable bonds is 4. The second kappa shape index (κ2) is 8.59. The van der Waals surface area contributed by atoms with Gasteiger partial charge < -0.3 is 10.2 Å². The zero-order chi connectivity index (χ0) is 15.7. The molecule has 0 aliphatic heterocycles. The summed E-state index contributed by atoms with van der Waals surface area (Å²) in [7, 11) is 0. The number of carbonyl (C=O) groups is 1. The Bertz CT molecular complexity index is 581. The maximum Gasteiger partial charge on any atom is 0.335 e. The summed E-state index contributed by atoms with van der Waals surface area (Å²) >= 11 is 0. The first kappa shape index (κ1) is 16.5. The predicted molar refractivity (Wildman–Crippen MR) is 85.6 cm³/mol. The minimum Gasteiger partial charge on any atom is -0.508 e. The third-order valence-electron chi connectivity index (χ3n) is 2.76. The highest BCUT2D eigenvalue weighted by molar-refractivity contribution is 5.87. The van der Waals surface area contributed by atoms with Crippen molar-refractivity contribution in [1.29, 1.82) is 0 Å². The molecule has 2 rings (SSSR count). The van der Waals surface area contributed by atoms with Crippen molar-refractivity contribution in [2.24, 2.45) is 0 Å². The van der Waals surface area contributed by atoms with Crippen LogP contribution in [0.1, 0.15) is 35.3 Å². The van der Waals surface area contributed by atoms with E-state index in [-0.39, 0.29) is 11.3 Å². The Morgan fingerprint density at radius 2 is 1.57 bits per heavy atom. The highest BCUT2D eigenvalue weighted by Crippen LogP contribution is 2.11. The van der Waals surface area contributed by atoms with Crippen LogP contribution in [0.3, 0.4) is 0 Å². The van der Waals surface area contributed by atoms with Gasteiger partial charge in [-0.05, 0) is 41.8 Å². The largest absolute Gasteiger partial charge is 0.508 e. The summed E-state index contributed by atoms with van der Waals surface area (Å²) in [4.78, 5) is 10.7. The molecule has 2 aromatic carbocycles. The highest BCUT2D eigenvalue weighted by Gasteiger charge is 1.99. The van der Waals surface area contributed by atoms with Gasteiger partial charge in [0.05, 0.1) is 5.56 Å². The van der Waals surface area contributed by atoms with E-state index >= 15 is 0 Å². The summed E-state index contributed by atoms with van der Waals surface area (Å²) in [5, 5.41) is 17.9. The first-order valence-corrected chi connectivity index (χ1v) is 6.93. The number of allylic oxidation sites excluding steroid dienone is 1. The molecule has 0 radical (unpaired) electrons. The van der Waals surface area contributed by atoms with Crippen LogP contribution in [0, 0.1) is 0 Å². The molecule has 2 N–H and O–H groups in total. The standard InChI is InChI=1S/C16H14O3.C2H6/c17-15-10-6-13(7-11-15)3-1-2-12-4-8-14(9-5-12)16(18)19;1-2/h1-2,4-11,17H,3H2,(H,18,19);1-2H3/b2-1+;. The number of hydrogen-bond acceptors (Lipinski definition) is 2. The van der Waals surface area contributed by atoms with E-state index in [1.165, 1.54) is 0 Å². The van der Waals surface area contributed by atoms with Crippen molar-refractivity contribution in [2.45, 2.75) is 20.3 Å². The number of aromatic hydroxyl groups is 1. The van der Waals surface area contributed by atoms with Gasteiger partial charge in [0, 0.05) is 0 Å². The molecule has 3 nitrogen and oxygen atoms in total. The van der Waals surface area contributed by atoms with Crippen molar-refractivity contribution < 1.29 is 15.0 Å². The van der Waals surface area contributed by atoms with E-state index in [1.807, 2.05) is 38.1 Å². The van der Waals surface area contributed by atoms with Gasteiger partial charge in [0.1, 0.15) is 5.75 Å². The zero-order valence-electron chi connectivity index (χ0n) is 12.3. The molecule has 0 bridgehead atoms. The fourth-order valence-corrected chi connectivity index (χ4v) is 1.70. The average Bonchev–Trinajstić information content (AvgIpc) is 2.52. The second-order valence-electron chi connectivity index (χ2n) is 4.20. The van der Waals surface area contributed by atoms with Gasteiger partial charge in [-0.1, -0.05) is 50.3 Å². The smallest absolute Gasteiger partial charge is 0.335 e. The second-order valence-corrected chi connectivity index (χ2v) is 4.20. The quantitative estimate of drug-likeness (QED) is 0.876. The number of carboxylic acids is 1. The number of phenols is 1. The van der Waals surface area contributed by atoms with E-state index in [2.05, 4.69) is 0 Å². The van der Waals surface area contributed by atoms with E-state index in [4.69, 9.17) is 10.2 Å². The molecule has 0 fully saturated rings. The first-order chi connectivity index (χ1) is 10.1. The van der Waals surface area contributed by atoms with E-state index in [1.54, 1.807) is 36.4 Å². The van der Waals surface area contributed by atoms with Crippen molar-refractivity contribution in [2.75, 3.05) is 0 Å². The van der Waals surface area contributed by atoms with Crippen LogP contribution < -0.4 is 0 Å². The lowest BCUT2D eigenvalue weighted by molar-refractivity contribution is 0.0697. The van der Waals surface area contributed by atoms with Gasteiger partial charge >= 0.3 is 5.97 Å². The maximum absolute atomic E-state index is 10.7. The van der Waals surface area contributed by atoms with E-state index < -0.39 is 5.97 Å². The third-order valence-corrected chi connectivity index (χ3v) is 2.76. The third kappa shape index (κ3) is 5.53. The van der Waals surface area contributed by atoms with Gasteiger partial charge in [-0.3, -0.25) is 0 Å². The molecule has 2 aromatic rings. The summed E-state index contributed by atoms with van der Waals surface area (Å²) in [5.41, 5.74) is 2.36. The van der Waals surface area contributed by atoms with Crippen molar-refractivity contribution in [3.8, 4) is 5.75 Å². The van der Waals surface area contributed by atoms with Gasteiger partial charge in [0.15, 0.2) is 0 Å². The van der Waals surface area contributed by atoms with E-state index in [0.717, 1.165) is 17.5 Å². The maximum atomic E-state index is 10.7. The summed E-state index contributed by atoms with van der Waals surface area (Å²) in [6.45, 7) is 4.00. The molecular formula is C18H20O3. The molecule has 110 valence electrons. The van der Waals surface area contributed by atoms with E-state index in [9.17, 15) is 4.79 Å². The SMILES string of the molecule is CC.O=C(O)c1ccc(/C=C/Cc2ccc(O)cc2)cc1. The van der Waals surface area contributed by atoms with Crippen molar-refractivity contribution in [3.63, 3.8) is 0 Å². The van der Waals surface area contributed by atoms with Crippen LogP contribution in [0.4, 0.5) is 0 Å². The Kier molecular flexibility index (Phi) is 6.75. The van der Waals surface area contributed by atoms with Gasteiger partial charge in [0.25, 0.3) is 0 Å². The molecule has 3 heteroatoms. The average molecular weight is 284 g/mol. The summed E-state index contributed by atoms with van der Waals surface area (Å²) in [5.74, 6) is -0.656. The number of aromatic carboxylic acids is 1. The molecule has 0 spiro atoms. The summed E-state index contributed by atoms with van der Waals surface area (Å²) in [6.07, 6.45) is 4.71. The monoisotopic (exact) mass is 284 g/mol. The molecule has 0 aromatic heterocycles. The summed E-state index contributed by atoms with van der Waals surface area (Å²) < 4.78 is 0. The lowest BCUT2D eigenvalue weighted by Crippen LogP contribution is -1.94. The van der Waals surface area contributed by atoms with Crippen LogP contribution in [-0.4, -0.2) is 16.2 Å². The van der Waals surface area contributed by atoms with Gasteiger partial charge in [-0.2, -0.15) is 0 Å². The molecule has 0 atom stereocenters. The predicted octanol–water partition coefficient (Wildman–Crippen LogP) is 4.37. The Morgan fingerprint density at radius 1 is 1.00 bits per heavy atom. The van der Waals surface area contributed by atoms with Crippen LogP contribution in [0.2, 0.25) is 0 Å². The molecule has 21 heavy (non-hydrogen) atoms. The molecule has 0 amide bonds. The Balaban J connectivity index is 0.00000106. The molecule has 0 aliphatic carbocycles. The minimum absolute atomic E-state index is 0.261. The van der Waals surface area contributed by atoms with Crippen LogP contribution in [0.15, 0.2) is 54.6 Å². The Hall–Kier alpha value is -2.55. The van der Waals surface area contributed by atoms with Crippen LogP contribution in [0.25, 0.3) is 6.08 Å². The Labute approximate surface area is 125 Å². The van der Waals surface area contributed by atoms with Crippen LogP contribution in [0.5, 0.6) is 5.75 Å². The number of benzene rings is 2. The van der Waals surface area contributed by atoms with Crippen molar-refractivity contribution >= 4 is 12.0 Å². The molecule has 0 saturated carbocycles. The first-order valence-electron chi connectivity index (χ1n) is 6.93. The van der Waals surface area contributed by atoms with Gasteiger partial charge in [0.2, 0.25) is 0 Å². The number of phenolic OH excluding ortho intramolecular Hbond substituents is 1. The topological polar surface area (TPSA) is 57.5 Å². The van der Waals surface area contributed by atoms with E-state index in [0.29, 0.717) is 0 Å². The van der Waals surface area contributed by atoms with Crippen LogP contribution in [-0.2, 0) is 6.42 Å². The van der Waals surface area contributed by atoms with Gasteiger partial charge in [-0.25, -0.2) is 4.79 Å². The molecule has 0 saturated heterocycles. The lowest BCUT2D eigenvalue weighted by atomic mass is 10.1. The molecule has 0 unspecified atom stereocenters. The van der Waals surface area contributed by atoms with Crippen LogP contribution >= 0.6 is 0 Å². The molecule has 0 heterocycles. The zero-order valence-corrected chi connectivity index (χ0v) is 12.3. The van der Waals surface area contributed by atoms with Crippen molar-refractivity contribution in [3.05, 3.63) is 71.3 Å². The Morgan fingerprint density at radius 3 is 2.10 bits per heavy atom. The highest BCUT2D eigenvalue weighted by atomic mass is 16.4. The number of hydrogen-bond donors (Lipinski definition) is 2. The fourth-order valence-electron chi connectivity index (χ4n) is 1.70. The normalized spacial score (nSPS) is 10.0. The minimum atomic E-state index is -0.917. The molecular weight excluding hydrogens is 264 g/mol. The van der Waals surface area contributed by atoms with Gasteiger partial charge in [-0.15, -0.1) is 0 Å². The fraction of sp³-hybridized carbons (Fsp3) is 0.167.